The Morgan fingerprint density at radius 1 is 1.21 bits per heavy atom. The normalized spacial score (nSPS) is 50.6. The van der Waals surface area contributed by atoms with Gasteiger partial charge in [0.25, 0.3) is 0 Å². The number of carbonyl (C=O) groups is 2. The number of rotatable bonds is 4. The second-order valence-electron chi connectivity index (χ2n) is 10.4. The van der Waals surface area contributed by atoms with Crippen molar-refractivity contribution < 1.29 is 19.4 Å². The Balaban J connectivity index is 1.65. The van der Waals surface area contributed by atoms with E-state index in [2.05, 4.69) is 29.8 Å². The molecule has 0 heterocycles. The van der Waals surface area contributed by atoms with Crippen LogP contribution in [0.5, 0.6) is 0 Å². The van der Waals surface area contributed by atoms with Gasteiger partial charge < -0.3 is 9.84 Å². The predicted octanol–water partition coefficient (Wildman–Crippen LogP) is 4.16. The molecule has 28 heavy (non-hydrogen) atoms. The third-order valence-corrected chi connectivity index (χ3v) is 9.80. The molecule has 0 amide bonds. The number of ether oxygens (including phenoxy) is 1. The summed E-state index contributed by atoms with van der Waals surface area (Å²) in [5, 5.41) is 11.0. The minimum atomic E-state index is -0.411. The Morgan fingerprint density at radius 3 is 2.64 bits per heavy atom. The van der Waals surface area contributed by atoms with E-state index in [1.807, 2.05) is 6.92 Å². The number of hydrogen-bond donors (Lipinski definition) is 1. The fourth-order valence-corrected chi connectivity index (χ4v) is 8.47. The zero-order valence-corrected chi connectivity index (χ0v) is 19.0. The van der Waals surface area contributed by atoms with E-state index < -0.39 is 6.10 Å². The molecule has 4 saturated carbocycles. The number of aliphatic hydroxyl groups is 1. The van der Waals surface area contributed by atoms with Crippen LogP contribution in [0, 0.1) is 40.4 Å². The first kappa shape index (κ1) is 21.0. The smallest absolute Gasteiger partial charge is 0.147 e. The zero-order valence-electron chi connectivity index (χ0n) is 17.5. The second kappa shape index (κ2) is 7.46. The fourth-order valence-electron chi connectivity index (χ4n) is 8.08. The number of halogens is 1. The van der Waals surface area contributed by atoms with E-state index in [1.54, 1.807) is 0 Å². The zero-order chi connectivity index (χ0) is 20.3. The average molecular weight is 455 g/mol. The highest BCUT2D eigenvalue weighted by Crippen LogP contribution is 2.66. The van der Waals surface area contributed by atoms with Crippen molar-refractivity contribution in [2.24, 2.45) is 40.4 Å². The van der Waals surface area contributed by atoms with Crippen LogP contribution in [0.2, 0.25) is 0 Å². The van der Waals surface area contributed by atoms with Gasteiger partial charge in [0.2, 0.25) is 0 Å². The summed E-state index contributed by atoms with van der Waals surface area (Å²) in [6, 6.07) is 0. The van der Waals surface area contributed by atoms with E-state index in [1.165, 1.54) is 0 Å². The number of alkyl halides is 1. The maximum atomic E-state index is 13.6. The molecule has 0 radical (unpaired) electrons. The van der Waals surface area contributed by atoms with Crippen LogP contribution < -0.4 is 0 Å². The van der Waals surface area contributed by atoms with Crippen LogP contribution in [0.3, 0.4) is 0 Å². The van der Waals surface area contributed by atoms with Crippen LogP contribution in [0.15, 0.2) is 0 Å². The molecule has 0 aromatic carbocycles. The monoisotopic (exact) mass is 454 g/mol. The van der Waals surface area contributed by atoms with Crippen LogP contribution in [0.4, 0.5) is 0 Å². The quantitative estimate of drug-likeness (QED) is 0.647. The van der Waals surface area contributed by atoms with Gasteiger partial charge in [-0.2, -0.15) is 0 Å². The minimum absolute atomic E-state index is 0.0247. The maximum Gasteiger partial charge on any atom is 0.147 e. The van der Waals surface area contributed by atoms with E-state index in [9.17, 15) is 14.7 Å². The van der Waals surface area contributed by atoms with Gasteiger partial charge >= 0.3 is 0 Å². The first-order valence-corrected chi connectivity index (χ1v) is 12.3. The van der Waals surface area contributed by atoms with E-state index in [0.717, 1.165) is 38.5 Å². The summed E-state index contributed by atoms with van der Waals surface area (Å²) in [5.41, 5.74) is -0.252. The number of Topliss-reactive ketones (excluding diaryl/α,β-unsaturated/α-hetero) is 2. The van der Waals surface area contributed by atoms with Gasteiger partial charge in [-0.25, -0.2) is 0 Å². The highest BCUT2D eigenvalue weighted by Gasteiger charge is 2.64. The van der Waals surface area contributed by atoms with E-state index >= 15 is 0 Å². The molecule has 158 valence electrons. The summed E-state index contributed by atoms with van der Waals surface area (Å²) in [4.78, 5) is 26.2. The molecule has 1 N–H and O–H groups in total. The molecule has 0 bridgehead atoms. The average Bonchev–Trinajstić information content (AvgIpc) is 2.98. The number of aliphatic hydroxyl groups excluding tert-OH is 1. The Kier molecular flexibility index (Phi) is 5.59. The Bertz CT molecular complexity index is 651. The van der Waals surface area contributed by atoms with Gasteiger partial charge in [0.15, 0.2) is 0 Å². The van der Waals surface area contributed by atoms with Crippen molar-refractivity contribution >= 4 is 27.5 Å². The van der Waals surface area contributed by atoms with Gasteiger partial charge in [-0.3, -0.25) is 9.59 Å². The fraction of sp³-hybridized carbons (Fsp3) is 0.913. The lowest BCUT2D eigenvalue weighted by atomic mass is 9.44. The van der Waals surface area contributed by atoms with Crippen LogP contribution in [-0.4, -0.2) is 40.8 Å². The Morgan fingerprint density at radius 2 is 1.96 bits per heavy atom. The molecule has 9 atom stereocenters. The van der Waals surface area contributed by atoms with E-state index in [0.29, 0.717) is 41.9 Å². The highest BCUT2D eigenvalue weighted by atomic mass is 79.9. The summed E-state index contributed by atoms with van der Waals surface area (Å²) in [6.45, 7) is 7.08. The SMILES string of the molecule is CCO[C@H]1C[C@@]2(C)[C@@H](CC[C@H]3[C@@H]4CC[C@H](C(=O)CBr)[C@@]4(C)CC(=O)[C@@H]32)C[C@@H]1O. The molecule has 4 nitrogen and oxygen atoms in total. The molecule has 4 aliphatic carbocycles. The van der Waals surface area contributed by atoms with E-state index in [-0.39, 0.29) is 34.6 Å². The molecule has 0 aliphatic heterocycles. The first-order valence-electron chi connectivity index (χ1n) is 11.2. The van der Waals surface area contributed by atoms with Crippen molar-refractivity contribution in [2.75, 3.05) is 11.9 Å². The largest absolute Gasteiger partial charge is 0.390 e. The molecule has 0 saturated heterocycles. The van der Waals surface area contributed by atoms with Crippen molar-refractivity contribution in [3.63, 3.8) is 0 Å². The summed E-state index contributed by atoms with van der Waals surface area (Å²) in [6.07, 6.45) is 5.68. The predicted molar refractivity (Wildman–Crippen MR) is 111 cm³/mol. The summed E-state index contributed by atoms with van der Waals surface area (Å²) >= 11 is 3.36. The van der Waals surface area contributed by atoms with Gasteiger partial charge in [-0.05, 0) is 74.0 Å². The molecule has 4 fully saturated rings. The topological polar surface area (TPSA) is 63.6 Å². The molecule has 4 aliphatic rings. The van der Waals surface area contributed by atoms with Gasteiger partial charge in [0.05, 0.1) is 17.5 Å². The van der Waals surface area contributed by atoms with Crippen molar-refractivity contribution in [3.8, 4) is 0 Å². The van der Waals surface area contributed by atoms with Crippen molar-refractivity contribution in [2.45, 2.75) is 77.9 Å². The highest BCUT2D eigenvalue weighted by molar-refractivity contribution is 9.09. The van der Waals surface area contributed by atoms with Gasteiger partial charge in [0, 0.05) is 24.9 Å². The summed E-state index contributed by atoms with van der Waals surface area (Å²) < 4.78 is 5.88. The maximum absolute atomic E-state index is 13.6. The first-order chi connectivity index (χ1) is 13.3. The number of fused-ring (bicyclic) bond motifs is 5. The Labute approximate surface area is 177 Å². The van der Waals surface area contributed by atoms with Gasteiger partial charge in [-0.1, -0.05) is 29.8 Å². The molecule has 5 heteroatoms. The lowest BCUT2D eigenvalue weighted by Gasteiger charge is -2.60. The number of carbonyl (C=O) groups excluding carboxylic acids is 2. The number of ketones is 2. The Hall–Kier alpha value is -0.260. The van der Waals surface area contributed by atoms with Crippen LogP contribution in [0.1, 0.15) is 65.7 Å². The van der Waals surface area contributed by atoms with Crippen LogP contribution >= 0.6 is 15.9 Å². The van der Waals surface area contributed by atoms with Crippen LogP contribution in [0.25, 0.3) is 0 Å². The van der Waals surface area contributed by atoms with Gasteiger partial charge in [0.1, 0.15) is 11.6 Å². The van der Waals surface area contributed by atoms with Crippen molar-refractivity contribution in [3.05, 3.63) is 0 Å². The molecule has 4 rings (SSSR count). The molecule has 0 spiro atoms. The molecule has 0 aromatic heterocycles. The second-order valence-corrected chi connectivity index (χ2v) is 11.0. The summed E-state index contributed by atoms with van der Waals surface area (Å²) in [5.74, 6) is 1.99. The molecule has 0 aromatic rings. The van der Waals surface area contributed by atoms with E-state index in [4.69, 9.17) is 4.74 Å². The van der Waals surface area contributed by atoms with Gasteiger partial charge in [-0.15, -0.1) is 0 Å². The molecule has 0 unspecified atom stereocenters. The lowest BCUT2D eigenvalue weighted by Crippen LogP contribution is -2.60. The third-order valence-electron chi connectivity index (χ3n) is 9.25. The lowest BCUT2D eigenvalue weighted by molar-refractivity contribution is -0.179. The van der Waals surface area contributed by atoms with Crippen molar-refractivity contribution in [1.29, 1.82) is 0 Å². The standard InChI is InChI=1S/C23H35BrO4/c1-4-28-20-11-22(2)13(9-17(20)25)5-6-14-15-7-8-16(19(27)12-24)23(15,3)10-18(26)21(14)22/h13-17,20-21,25H,4-12H2,1-3H3/t13-,14-,15-,16+,17-,20-,21+,22-,23-/m0/s1. The minimum Gasteiger partial charge on any atom is -0.390 e. The summed E-state index contributed by atoms with van der Waals surface area (Å²) in [7, 11) is 0. The third kappa shape index (κ3) is 2.98. The van der Waals surface area contributed by atoms with Crippen LogP contribution in [-0.2, 0) is 14.3 Å². The molecular weight excluding hydrogens is 420 g/mol. The molecular formula is C23H35BrO4. The van der Waals surface area contributed by atoms with Crippen molar-refractivity contribution in [1.82, 2.24) is 0 Å². The number of hydrogen-bond acceptors (Lipinski definition) is 4.